The van der Waals surface area contributed by atoms with Crippen molar-refractivity contribution in [2.75, 3.05) is 13.7 Å². The van der Waals surface area contributed by atoms with Gasteiger partial charge in [-0.2, -0.15) is 0 Å². The van der Waals surface area contributed by atoms with Gasteiger partial charge in [0.05, 0.1) is 7.11 Å². The van der Waals surface area contributed by atoms with Crippen molar-refractivity contribution in [3.8, 4) is 5.88 Å². The van der Waals surface area contributed by atoms with Crippen LogP contribution in [0.25, 0.3) is 0 Å². The quantitative estimate of drug-likeness (QED) is 0.807. The fraction of sp³-hybridized carbons (Fsp3) is 0.667. The van der Waals surface area contributed by atoms with Gasteiger partial charge in [0.1, 0.15) is 0 Å². The number of methoxy groups -OCH3 is 1. The van der Waals surface area contributed by atoms with Crippen molar-refractivity contribution in [2.45, 2.75) is 34.2 Å². The SMILES string of the molecule is COc1ccc(CNCC(C(C)C)C(C)C)cn1. The summed E-state index contributed by atoms with van der Waals surface area (Å²) in [6.45, 7) is 11.1. The van der Waals surface area contributed by atoms with E-state index in [0.717, 1.165) is 19.0 Å². The Hall–Kier alpha value is -1.09. The Morgan fingerprint density at radius 3 is 2.28 bits per heavy atom. The molecule has 1 heterocycles. The highest BCUT2D eigenvalue weighted by molar-refractivity contribution is 5.17. The van der Waals surface area contributed by atoms with Crippen molar-refractivity contribution in [1.82, 2.24) is 10.3 Å². The summed E-state index contributed by atoms with van der Waals surface area (Å²) in [5.74, 6) is 2.81. The molecule has 1 aromatic rings. The summed E-state index contributed by atoms with van der Waals surface area (Å²) in [7, 11) is 1.64. The predicted molar refractivity (Wildman–Crippen MR) is 75.7 cm³/mol. The summed E-state index contributed by atoms with van der Waals surface area (Å²) in [6, 6.07) is 3.96. The lowest BCUT2D eigenvalue weighted by Crippen LogP contribution is -2.29. The van der Waals surface area contributed by atoms with Gasteiger partial charge in [-0.3, -0.25) is 0 Å². The molecule has 3 heteroatoms. The zero-order chi connectivity index (χ0) is 13.5. The summed E-state index contributed by atoms with van der Waals surface area (Å²) in [4.78, 5) is 4.20. The van der Waals surface area contributed by atoms with E-state index in [9.17, 15) is 0 Å². The molecule has 0 bridgehead atoms. The van der Waals surface area contributed by atoms with Crippen LogP contribution in [0.1, 0.15) is 33.3 Å². The molecule has 0 aliphatic rings. The molecule has 0 aromatic carbocycles. The van der Waals surface area contributed by atoms with E-state index in [-0.39, 0.29) is 0 Å². The molecule has 0 saturated carbocycles. The van der Waals surface area contributed by atoms with Crippen molar-refractivity contribution < 1.29 is 4.74 Å². The molecule has 0 fully saturated rings. The molecule has 0 unspecified atom stereocenters. The Kier molecular flexibility index (Phi) is 6.13. The Morgan fingerprint density at radius 1 is 1.17 bits per heavy atom. The molecule has 0 spiro atoms. The maximum absolute atomic E-state index is 5.04. The molecular weight excluding hydrogens is 224 g/mol. The zero-order valence-electron chi connectivity index (χ0n) is 12.2. The summed E-state index contributed by atoms with van der Waals surface area (Å²) in [5.41, 5.74) is 1.20. The van der Waals surface area contributed by atoms with Crippen molar-refractivity contribution in [1.29, 1.82) is 0 Å². The predicted octanol–water partition coefficient (Wildman–Crippen LogP) is 3.11. The molecule has 0 saturated heterocycles. The van der Waals surface area contributed by atoms with E-state index in [1.165, 1.54) is 5.56 Å². The topological polar surface area (TPSA) is 34.1 Å². The van der Waals surface area contributed by atoms with Gasteiger partial charge in [0.25, 0.3) is 0 Å². The standard InChI is InChI=1S/C15H26N2O/c1-11(2)14(12(3)4)10-16-8-13-6-7-15(18-5)17-9-13/h6-7,9,11-12,14,16H,8,10H2,1-5H3. The van der Waals surface area contributed by atoms with Crippen molar-refractivity contribution in [2.24, 2.45) is 17.8 Å². The van der Waals surface area contributed by atoms with Crippen molar-refractivity contribution in [3.05, 3.63) is 23.9 Å². The lowest BCUT2D eigenvalue weighted by molar-refractivity contribution is 0.275. The van der Waals surface area contributed by atoms with Gasteiger partial charge in [-0.05, 0) is 29.9 Å². The van der Waals surface area contributed by atoms with Crippen LogP contribution in [-0.2, 0) is 6.54 Å². The number of pyridine rings is 1. The molecule has 0 atom stereocenters. The van der Waals surface area contributed by atoms with Crippen LogP contribution in [0.3, 0.4) is 0 Å². The van der Waals surface area contributed by atoms with E-state index in [2.05, 4.69) is 44.1 Å². The first-order valence-corrected chi connectivity index (χ1v) is 6.74. The maximum Gasteiger partial charge on any atom is 0.212 e. The highest BCUT2D eigenvalue weighted by atomic mass is 16.5. The molecule has 0 amide bonds. The van der Waals surface area contributed by atoms with Gasteiger partial charge in [-0.25, -0.2) is 4.98 Å². The summed E-state index contributed by atoms with van der Waals surface area (Å²) in [5, 5.41) is 3.52. The van der Waals surface area contributed by atoms with E-state index in [0.29, 0.717) is 17.7 Å². The Labute approximate surface area is 111 Å². The van der Waals surface area contributed by atoms with E-state index >= 15 is 0 Å². The first kappa shape index (κ1) is 15.0. The average molecular weight is 250 g/mol. The molecule has 1 rings (SSSR count). The van der Waals surface area contributed by atoms with Crippen molar-refractivity contribution >= 4 is 0 Å². The Morgan fingerprint density at radius 2 is 1.83 bits per heavy atom. The van der Waals surface area contributed by atoms with E-state index < -0.39 is 0 Å². The summed E-state index contributed by atoms with van der Waals surface area (Å²) in [6.07, 6.45) is 1.87. The van der Waals surface area contributed by atoms with Gasteiger partial charge >= 0.3 is 0 Å². The fourth-order valence-electron chi connectivity index (χ4n) is 2.26. The van der Waals surface area contributed by atoms with Crippen LogP contribution in [0.5, 0.6) is 5.88 Å². The van der Waals surface area contributed by atoms with Crippen LogP contribution in [0.15, 0.2) is 18.3 Å². The molecule has 0 aliphatic carbocycles. The number of aromatic nitrogens is 1. The smallest absolute Gasteiger partial charge is 0.212 e. The molecule has 3 nitrogen and oxygen atoms in total. The summed E-state index contributed by atoms with van der Waals surface area (Å²) < 4.78 is 5.04. The molecule has 18 heavy (non-hydrogen) atoms. The van der Waals surface area contributed by atoms with E-state index in [1.807, 2.05) is 12.3 Å². The van der Waals surface area contributed by atoms with Crippen molar-refractivity contribution in [3.63, 3.8) is 0 Å². The van der Waals surface area contributed by atoms with Crippen LogP contribution in [-0.4, -0.2) is 18.6 Å². The number of hydrogen-bond acceptors (Lipinski definition) is 3. The molecule has 1 N–H and O–H groups in total. The average Bonchev–Trinajstić information content (AvgIpc) is 2.34. The van der Waals surface area contributed by atoms with Gasteiger partial charge in [0, 0.05) is 18.8 Å². The minimum absolute atomic E-state index is 0.668. The maximum atomic E-state index is 5.04. The van der Waals surface area contributed by atoms with Gasteiger partial charge in [0.2, 0.25) is 5.88 Å². The number of rotatable bonds is 7. The molecule has 0 radical (unpaired) electrons. The second kappa shape index (κ2) is 7.37. The van der Waals surface area contributed by atoms with Gasteiger partial charge in [0.15, 0.2) is 0 Å². The van der Waals surface area contributed by atoms with Crippen LogP contribution < -0.4 is 10.1 Å². The van der Waals surface area contributed by atoms with Gasteiger partial charge < -0.3 is 10.1 Å². The minimum atomic E-state index is 0.668. The Bertz CT molecular complexity index is 325. The third kappa shape index (κ3) is 4.65. The molecular formula is C15H26N2O. The van der Waals surface area contributed by atoms with E-state index in [4.69, 9.17) is 4.74 Å². The second-order valence-corrected chi connectivity index (χ2v) is 5.49. The number of hydrogen-bond donors (Lipinski definition) is 1. The van der Waals surface area contributed by atoms with Crippen LogP contribution >= 0.6 is 0 Å². The van der Waals surface area contributed by atoms with E-state index in [1.54, 1.807) is 7.11 Å². The number of ether oxygens (including phenoxy) is 1. The lowest BCUT2D eigenvalue weighted by Gasteiger charge is -2.25. The molecule has 1 aromatic heterocycles. The fourth-order valence-corrected chi connectivity index (χ4v) is 2.26. The summed E-state index contributed by atoms with van der Waals surface area (Å²) >= 11 is 0. The van der Waals surface area contributed by atoms with Crippen LogP contribution in [0, 0.1) is 17.8 Å². The van der Waals surface area contributed by atoms with Crippen LogP contribution in [0.4, 0.5) is 0 Å². The second-order valence-electron chi connectivity index (χ2n) is 5.49. The third-order valence-electron chi connectivity index (χ3n) is 3.43. The highest BCUT2D eigenvalue weighted by Gasteiger charge is 2.16. The first-order chi connectivity index (χ1) is 8.54. The molecule has 102 valence electrons. The number of nitrogens with one attached hydrogen (secondary N) is 1. The normalized spacial score (nSPS) is 11.6. The lowest BCUT2D eigenvalue weighted by atomic mass is 9.85. The van der Waals surface area contributed by atoms with Gasteiger partial charge in [-0.1, -0.05) is 33.8 Å². The Balaban J connectivity index is 2.40. The third-order valence-corrected chi connectivity index (χ3v) is 3.43. The monoisotopic (exact) mass is 250 g/mol. The zero-order valence-corrected chi connectivity index (χ0v) is 12.2. The van der Waals surface area contributed by atoms with Crippen LogP contribution in [0.2, 0.25) is 0 Å². The first-order valence-electron chi connectivity index (χ1n) is 6.74. The van der Waals surface area contributed by atoms with Gasteiger partial charge in [-0.15, -0.1) is 0 Å². The number of nitrogens with zero attached hydrogens (tertiary/aromatic N) is 1. The highest BCUT2D eigenvalue weighted by Crippen LogP contribution is 2.19. The largest absolute Gasteiger partial charge is 0.481 e. The molecule has 0 aliphatic heterocycles. The minimum Gasteiger partial charge on any atom is -0.481 e.